The molecule has 0 aliphatic carbocycles. The van der Waals surface area contributed by atoms with Gasteiger partial charge in [-0.15, -0.1) is 0 Å². The Bertz CT molecular complexity index is 251. The number of hydrogen-bond acceptors (Lipinski definition) is 6. The van der Waals surface area contributed by atoms with Crippen LogP contribution in [0.3, 0.4) is 0 Å². The van der Waals surface area contributed by atoms with Crippen LogP contribution in [0.2, 0.25) is 0 Å². The minimum absolute atomic E-state index is 0.0860. The zero-order chi connectivity index (χ0) is 12.5. The van der Waals surface area contributed by atoms with Crippen molar-refractivity contribution in [3.63, 3.8) is 0 Å². The van der Waals surface area contributed by atoms with E-state index < -0.39 is 5.97 Å². The van der Waals surface area contributed by atoms with E-state index in [4.69, 9.17) is 19.5 Å². The third-order valence-corrected chi connectivity index (χ3v) is 2.11. The molecule has 0 aromatic carbocycles. The van der Waals surface area contributed by atoms with Crippen molar-refractivity contribution in [2.75, 3.05) is 26.4 Å². The van der Waals surface area contributed by atoms with Crippen LogP contribution in [0, 0.1) is 0 Å². The maximum Gasteiger partial charge on any atom is 0.305 e. The molecule has 1 saturated heterocycles. The van der Waals surface area contributed by atoms with Crippen LogP contribution in [0.4, 0.5) is 0 Å². The third kappa shape index (κ3) is 6.88. The molecule has 0 unspecified atom stereocenters. The molecule has 1 N–H and O–H groups in total. The number of carbonyl (C=O) groups is 2. The monoisotopic (exact) mass is 247 g/mol. The van der Waals surface area contributed by atoms with Crippen LogP contribution >= 0.6 is 0 Å². The zero-order valence-electron chi connectivity index (χ0n) is 9.59. The number of aliphatic carboxylic acids is 1. The van der Waals surface area contributed by atoms with E-state index in [0.29, 0.717) is 32.6 Å². The molecular formula is C10H17NO6. The summed E-state index contributed by atoms with van der Waals surface area (Å²) in [4.78, 5) is 31.4. The Morgan fingerprint density at radius 2 is 1.82 bits per heavy atom. The standard InChI is InChI=1S/C10H17NO6/c12-9(13)3-1-2-4-10(14)15-6-5-11-16-7-8-17-11/h1-8H2,(H,12,13). The summed E-state index contributed by atoms with van der Waals surface area (Å²) >= 11 is 0. The van der Waals surface area contributed by atoms with Gasteiger partial charge in [-0.2, -0.15) is 0 Å². The fourth-order valence-electron chi connectivity index (χ4n) is 1.30. The number of esters is 1. The summed E-state index contributed by atoms with van der Waals surface area (Å²) in [6, 6.07) is 0. The zero-order valence-corrected chi connectivity index (χ0v) is 9.59. The molecule has 1 fully saturated rings. The first-order valence-corrected chi connectivity index (χ1v) is 5.59. The molecule has 98 valence electrons. The van der Waals surface area contributed by atoms with Gasteiger partial charge in [-0.25, -0.2) is 0 Å². The maximum atomic E-state index is 11.2. The molecule has 1 aliphatic rings. The lowest BCUT2D eigenvalue weighted by Gasteiger charge is -2.11. The van der Waals surface area contributed by atoms with E-state index in [0.717, 1.165) is 0 Å². The first kappa shape index (κ1) is 13.9. The van der Waals surface area contributed by atoms with Gasteiger partial charge in [0.25, 0.3) is 0 Å². The van der Waals surface area contributed by atoms with Gasteiger partial charge in [0.2, 0.25) is 0 Å². The minimum Gasteiger partial charge on any atom is -0.481 e. The van der Waals surface area contributed by atoms with Crippen LogP contribution in [0.5, 0.6) is 0 Å². The van der Waals surface area contributed by atoms with Crippen molar-refractivity contribution < 1.29 is 29.1 Å². The van der Waals surface area contributed by atoms with Gasteiger partial charge in [0.1, 0.15) is 6.61 Å². The molecule has 7 heteroatoms. The number of carboxylic acid groups (broad SMARTS) is 1. The summed E-state index contributed by atoms with van der Waals surface area (Å²) in [7, 11) is 0. The van der Waals surface area contributed by atoms with E-state index in [9.17, 15) is 9.59 Å². The molecule has 1 rings (SSSR count). The van der Waals surface area contributed by atoms with E-state index in [2.05, 4.69) is 0 Å². The van der Waals surface area contributed by atoms with Gasteiger partial charge in [0.05, 0.1) is 19.8 Å². The molecule has 0 atom stereocenters. The first-order valence-electron chi connectivity index (χ1n) is 5.59. The Labute approximate surface area is 99.1 Å². The molecule has 0 aromatic heterocycles. The van der Waals surface area contributed by atoms with E-state index >= 15 is 0 Å². The van der Waals surface area contributed by atoms with Crippen LogP contribution in [-0.4, -0.2) is 48.6 Å². The molecule has 0 spiro atoms. The number of carbonyl (C=O) groups excluding carboxylic acids is 1. The lowest BCUT2D eigenvalue weighted by Crippen LogP contribution is -2.23. The molecular weight excluding hydrogens is 230 g/mol. The average Bonchev–Trinajstić information content (AvgIpc) is 2.77. The second-order valence-corrected chi connectivity index (χ2v) is 3.54. The number of hydroxylamine groups is 2. The summed E-state index contributed by atoms with van der Waals surface area (Å²) in [6.45, 7) is 1.62. The lowest BCUT2D eigenvalue weighted by atomic mass is 10.2. The van der Waals surface area contributed by atoms with Gasteiger partial charge in [-0.3, -0.25) is 19.3 Å². The number of rotatable bonds is 8. The Kier molecular flexibility index (Phi) is 6.53. The smallest absolute Gasteiger partial charge is 0.305 e. The number of ether oxygens (including phenoxy) is 1. The molecule has 0 saturated carbocycles. The largest absolute Gasteiger partial charge is 0.481 e. The Morgan fingerprint density at radius 3 is 2.47 bits per heavy atom. The predicted octanol–water partition coefficient (Wildman–Crippen LogP) is 0.353. The molecule has 0 bridgehead atoms. The summed E-state index contributed by atoms with van der Waals surface area (Å²) in [6.07, 6.45) is 1.35. The summed E-state index contributed by atoms with van der Waals surface area (Å²) in [5.74, 6) is -1.17. The van der Waals surface area contributed by atoms with Crippen LogP contribution in [0.25, 0.3) is 0 Å². The van der Waals surface area contributed by atoms with Crippen molar-refractivity contribution in [1.29, 1.82) is 0 Å². The SMILES string of the molecule is O=C(O)CCCCC(=O)OCCN1OCCO1. The van der Waals surface area contributed by atoms with Crippen LogP contribution in [0.15, 0.2) is 0 Å². The van der Waals surface area contributed by atoms with Crippen molar-refractivity contribution in [2.45, 2.75) is 25.7 Å². The van der Waals surface area contributed by atoms with Gasteiger partial charge in [0, 0.05) is 12.8 Å². The Hall–Kier alpha value is -1.18. The van der Waals surface area contributed by atoms with E-state index in [1.807, 2.05) is 0 Å². The van der Waals surface area contributed by atoms with Crippen LogP contribution in [0.1, 0.15) is 25.7 Å². The van der Waals surface area contributed by atoms with Gasteiger partial charge in [-0.05, 0) is 12.8 Å². The van der Waals surface area contributed by atoms with Crippen molar-refractivity contribution in [1.82, 2.24) is 5.23 Å². The van der Waals surface area contributed by atoms with E-state index in [-0.39, 0.29) is 25.4 Å². The van der Waals surface area contributed by atoms with Gasteiger partial charge in [0.15, 0.2) is 0 Å². The summed E-state index contributed by atoms with van der Waals surface area (Å²) in [5.41, 5.74) is 0. The summed E-state index contributed by atoms with van der Waals surface area (Å²) < 4.78 is 4.92. The Morgan fingerprint density at radius 1 is 1.18 bits per heavy atom. The normalized spacial score (nSPS) is 16.0. The molecule has 1 aliphatic heterocycles. The van der Waals surface area contributed by atoms with Crippen LogP contribution < -0.4 is 0 Å². The Balaban J connectivity index is 1.91. The topological polar surface area (TPSA) is 85.3 Å². The number of nitrogens with zero attached hydrogens (tertiary/aromatic N) is 1. The highest BCUT2D eigenvalue weighted by Crippen LogP contribution is 2.03. The minimum atomic E-state index is -0.846. The quantitative estimate of drug-likeness (QED) is 0.489. The molecule has 17 heavy (non-hydrogen) atoms. The second kappa shape index (κ2) is 7.99. The fraction of sp³-hybridized carbons (Fsp3) is 0.800. The van der Waals surface area contributed by atoms with Gasteiger partial charge < -0.3 is 9.84 Å². The molecule has 0 amide bonds. The van der Waals surface area contributed by atoms with Crippen molar-refractivity contribution in [2.24, 2.45) is 0 Å². The van der Waals surface area contributed by atoms with Crippen molar-refractivity contribution >= 4 is 11.9 Å². The molecule has 1 heterocycles. The van der Waals surface area contributed by atoms with Gasteiger partial charge >= 0.3 is 11.9 Å². The maximum absolute atomic E-state index is 11.2. The van der Waals surface area contributed by atoms with Crippen molar-refractivity contribution in [3.8, 4) is 0 Å². The second-order valence-electron chi connectivity index (χ2n) is 3.54. The first-order chi connectivity index (χ1) is 8.18. The van der Waals surface area contributed by atoms with Gasteiger partial charge in [-0.1, -0.05) is 5.23 Å². The molecule has 0 radical (unpaired) electrons. The van der Waals surface area contributed by atoms with E-state index in [1.165, 1.54) is 5.23 Å². The highest BCUT2D eigenvalue weighted by Gasteiger charge is 2.13. The average molecular weight is 247 g/mol. The number of unbranched alkanes of at least 4 members (excludes halogenated alkanes) is 1. The third-order valence-electron chi connectivity index (χ3n) is 2.11. The van der Waals surface area contributed by atoms with Crippen LogP contribution in [-0.2, 0) is 24.0 Å². The fourth-order valence-corrected chi connectivity index (χ4v) is 1.30. The predicted molar refractivity (Wildman–Crippen MR) is 55.7 cm³/mol. The summed E-state index contributed by atoms with van der Waals surface area (Å²) in [5, 5.41) is 9.68. The highest BCUT2D eigenvalue weighted by atomic mass is 17.0. The highest BCUT2D eigenvalue weighted by molar-refractivity contribution is 5.69. The number of carboxylic acids is 1. The van der Waals surface area contributed by atoms with E-state index in [1.54, 1.807) is 0 Å². The lowest BCUT2D eigenvalue weighted by molar-refractivity contribution is -0.301. The molecule has 0 aromatic rings. The number of hydrogen-bond donors (Lipinski definition) is 1. The van der Waals surface area contributed by atoms with Crippen molar-refractivity contribution in [3.05, 3.63) is 0 Å². The molecule has 7 nitrogen and oxygen atoms in total.